The smallest absolute Gasteiger partial charge is 0.251 e. The molecule has 1 rings (SSSR count). The fraction of sp³-hybridized carbons (Fsp3) is 0.588. The van der Waals surface area contributed by atoms with Gasteiger partial charge < -0.3 is 15.0 Å². The molecule has 1 amide bonds. The minimum Gasteiger partial charge on any atom is -0.496 e. The second-order valence-electron chi connectivity index (χ2n) is 5.98. The number of carbonyl (C=O) groups is 1. The SMILES string of the molecule is COc1cc(C)c(C(=O)NCCCN(C)C)cc1C(C)C. The normalized spacial score (nSPS) is 11.0. The number of benzene rings is 1. The van der Waals surface area contributed by atoms with Gasteiger partial charge in [-0.25, -0.2) is 0 Å². The largest absolute Gasteiger partial charge is 0.496 e. The quantitative estimate of drug-likeness (QED) is 0.786. The van der Waals surface area contributed by atoms with Crippen LogP contribution in [0.5, 0.6) is 5.75 Å². The molecule has 1 N–H and O–H groups in total. The van der Waals surface area contributed by atoms with E-state index < -0.39 is 0 Å². The number of hydrogen-bond donors (Lipinski definition) is 1. The van der Waals surface area contributed by atoms with Crippen molar-refractivity contribution in [2.45, 2.75) is 33.1 Å². The summed E-state index contributed by atoms with van der Waals surface area (Å²) in [7, 11) is 5.73. The Bertz CT molecular complexity index is 482. The van der Waals surface area contributed by atoms with Gasteiger partial charge in [-0.2, -0.15) is 0 Å². The first-order chi connectivity index (χ1) is 9.86. The Morgan fingerprint density at radius 3 is 2.52 bits per heavy atom. The van der Waals surface area contributed by atoms with E-state index in [1.54, 1.807) is 7.11 Å². The van der Waals surface area contributed by atoms with Gasteiger partial charge >= 0.3 is 0 Å². The van der Waals surface area contributed by atoms with E-state index in [9.17, 15) is 4.79 Å². The molecule has 0 heterocycles. The van der Waals surface area contributed by atoms with Crippen LogP contribution in [0.1, 0.15) is 47.7 Å². The second kappa shape index (κ2) is 8.03. The zero-order valence-electron chi connectivity index (χ0n) is 14.1. The van der Waals surface area contributed by atoms with Crippen molar-refractivity contribution in [2.24, 2.45) is 0 Å². The van der Waals surface area contributed by atoms with Crippen molar-refractivity contribution in [1.29, 1.82) is 0 Å². The Hall–Kier alpha value is -1.55. The third kappa shape index (κ3) is 5.05. The van der Waals surface area contributed by atoms with Gasteiger partial charge in [-0.3, -0.25) is 4.79 Å². The van der Waals surface area contributed by atoms with Crippen LogP contribution in [-0.2, 0) is 0 Å². The summed E-state index contributed by atoms with van der Waals surface area (Å²) in [5, 5.41) is 2.99. The minimum atomic E-state index is -0.00388. The number of methoxy groups -OCH3 is 1. The monoisotopic (exact) mass is 292 g/mol. The maximum Gasteiger partial charge on any atom is 0.251 e. The van der Waals surface area contributed by atoms with Crippen LogP contribution in [0.25, 0.3) is 0 Å². The van der Waals surface area contributed by atoms with E-state index in [2.05, 4.69) is 24.1 Å². The summed E-state index contributed by atoms with van der Waals surface area (Å²) in [6.45, 7) is 7.82. The molecule has 1 aromatic rings. The average molecular weight is 292 g/mol. The summed E-state index contributed by atoms with van der Waals surface area (Å²) in [4.78, 5) is 14.4. The van der Waals surface area contributed by atoms with Crippen molar-refractivity contribution >= 4 is 5.91 Å². The summed E-state index contributed by atoms with van der Waals surface area (Å²) in [6.07, 6.45) is 0.949. The number of hydrogen-bond acceptors (Lipinski definition) is 3. The Morgan fingerprint density at radius 1 is 1.33 bits per heavy atom. The molecule has 4 heteroatoms. The molecule has 0 atom stereocenters. The number of rotatable bonds is 7. The molecule has 0 aliphatic carbocycles. The Balaban J connectivity index is 2.82. The lowest BCUT2D eigenvalue weighted by Gasteiger charge is -2.16. The molecule has 4 nitrogen and oxygen atoms in total. The standard InChI is InChI=1S/C17H28N2O2/c1-12(2)14-11-15(13(3)10-16(14)21-6)17(20)18-8-7-9-19(4)5/h10-12H,7-9H2,1-6H3,(H,18,20). The van der Waals surface area contributed by atoms with Crippen LogP contribution >= 0.6 is 0 Å². The molecule has 0 bridgehead atoms. The minimum absolute atomic E-state index is 0.00388. The van der Waals surface area contributed by atoms with E-state index in [0.29, 0.717) is 12.5 Å². The molecule has 0 spiro atoms. The van der Waals surface area contributed by atoms with Gasteiger partial charge in [-0.05, 0) is 63.2 Å². The van der Waals surface area contributed by atoms with E-state index in [0.717, 1.165) is 35.4 Å². The predicted molar refractivity (Wildman–Crippen MR) is 87.3 cm³/mol. The maximum absolute atomic E-state index is 12.3. The summed E-state index contributed by atoms with van der Waals surface area (Å²) in [5.74, 6) is 1.17. The molecular formula is C17H28N2O2. The lowest BCUT2D eigenvalue weighted by Crippen LogP contribution is -2.27. The highest BCUT2D eigenvalue weighted by molar-refractivity contribution is 5.96. The first kappa shape index (κ1) is 17.5. The van der Waals surface area contributed by atoms with Crippen LogP contribution in [0, 0.1) is 6.92 Å². The Morgan fingerprint density at radius 2 is 2.00 bits per heavy atom. The van der Waals surface area contributed by atoms with E-state index in [1.165, 1.54) is 0 Å². The fourth-order valence-electron chi connectivity index (χ4n) is 2.26. The highest BCUT2D eigenvalue weighted by Crippen LogP contribution is 2.29. The van der Waals surface area contributed by atoms with Gasteiger partial charge in [0.05, 0.1) is 7.11 Å². The molecule has 0 saturated heterocycles. The van der Waals surface area contributed by atoms with Crippen LogP contribution in [0.15, 0.2) is 12.1 Å². The number of nitrogens with zero attached hydrogens (tertiary/aromatic N) is 1. The molecule has 0 unspecified atom stereocenters. The molecular weight excluding hydrogens is 264 g/mol. The summed E-state index contributed by atoms with van der Waals surface area (Å²) >= 11 is 0. The lowest BCUT2D eigenvalue weighted by atomic mass is 9.96. The zero-order chi connectivity index (χ0) is 16.0. The molecule has 1 aromatic carbocycles. The lowest BCUT2D eigenvalue weighted by molar-refractivity contribution is 0.0951. The second-order valence-corrected chi connectivity index (χ2v) is 5.98. The molecule has 0 aromatic heterocycles. The Labute approximate surface area is 128 Å². The predicted octanol–water partition coefficient (Wildman–Crippen LogP) is 2.81. The van der Waals surface area contributed by atoms with Crippen LogP contribution in [0.2, 0.25) is 0 Å². The van der Waals surface area contributed by atoms with Gasteiger partial charge in [-0.1, -0.05) is 13.8 Å². The van der Waals surface area contributed by atoms with Gasteiger partial charge in [0.25, 0.3) is 5.91 Å². The average Bonchev–Trinajstić information content (AvgIpc) is 2.42. The van der Waals surface area contributed by atoms with Crippen molar-refractivity contribution in [3.63, 3.8) is 0 Å². The zero-order valence-corrected chi connectivity index (χ0v) is 14.1. The summed E-state index contributed by atoms with van der Waals surface area (Å²) in [5.41, 5.74) is 2.76. The molecule has 0 aliphatic rings. The van der Waals surface area contributed by atoms with E-state index in [1.807, 2.05) is 33.2 Å². The number of ether oxygens (including phenoxy) is 1. The first-order valence-electron chi connectivity index (χ1n) is 7.48. The van der Waals surface area contributed by atoms with Crippen LogP contribution in [0.4, 0.5) is 0 Å². The number of nitrogens with one attached hydrogen (secondary N) is 1. The van der Waals surface area contributed by atoms with Crippen molar-refractivity contribution in [3.8, 4) is 5.75 Å². The highest BCUT2D eigenvalue weighted by atomic mass is 16.5. The third-order valence-electron chi connectivity index (χ3n) is 3.51. The van der Waals surface area contributed by atoms with Gasteiger partial charge in [0.1, 0.15) is 5.75 Å². The highest BCUT2D eigenvalue weighted by Gasteiger charge is 2.15. The molecule has 0 saturated carbocycles. The van der Waals surface area contributed by atoms with Gasteiger partial charge in [0.2, 0.25) is 0 Å². The molecule has 0 fully saturated rings. The van der Waals surface area contributed by atoms with Crippen LogP contribution < -0.4 is 10.1 Å². The van der Waals surface area contributed by atoms with Gasteiger partial charge in [-0.15, -0.1) is 0 Å². The van der Waals surface area contributed by atoms with Crippen molar-refractivity contribution in [1.82, 2.24) is 10.2 Å². The van der Waals surface area contributed by atoms with Gasteiger partial charge in [0, 0.05) is 12.1 Å². The van der Waals surface area contributed by atoms with Crippen molar-refractivity contribution in [2.75, 3.05) is 34.3 Å². The van der Waals surface area contributed by atoms with E-state index in [-0.39, 0.29) is 5.91 Å². The molecule has 0 radical (unpaired) electrons. The van der Waals surface area contributed by atoms with Crippen LogP contribution in [-0.4, -0.2) is 45.1 Å². The van der Waals surface area contributed by atoms with Crippen molar-refractivity contribution in [3.05, 3.63) is 28.8 Å². The molecule has 118 valence electrons. The maximum atomic E-state index is 12.3. The Kier molecular flexibility index (Phi) is 6.69. The van der Waals surface area contributed by atoms with Crippen LogP contribution in [0.3, 0.4) is 0 Å². The third-order valence-corrected chi connectivity index (χ3v) is 3.51. The number of carbonyl (C=O) groups excluding carboxylic acids is 1. The number of aryl methyl sites for hydroxylation is 1. The topological polar surface area (TPSA) is 41.6 Å². The van der Waals surface area contributed by atoms with Gasteiger partial charge in [0.15, 0.2) is 0 Å². The summed E-state index contributed by atoms with van der Waals surface area (Å²) < 4.78 is 5.41. The molecule has 0 aliphatic heterocycles. The molecule has 21 heavy (non-hydrogen) atoms. The van der Waals surface area contributed by atoms with Crippen molar-refractivity contribution < 1.29 is 9.53 Å². The number of amides is 1. The first-order valence-corrected chi connectivity index (χ1v) is 7.48. The summed E-state index contributed by atoms with van der Waals surface area (Å²) in [6, 6.07) is 3.91. The fourth-order valence-corrected chi connectivity index (χ4v) is 2.26. The van der Waals surface area contributed by atoms with E-state index in [4.69, 9.17) is 4.74 Å². The van der Waals surface area contributed by atoms with E-state index >= 15 is 0 Å².